The van der Waals surface area contributed by atoms with Crippen LogP contribution in [-0.4, -0.2) is 21.3 Å². The summed E-state index contributed by atoms with van der Waals surface area (Å²) in [6, 6.07) is 5.87. The first-order valence-electron chi connectivity index (χ1n) is 5.34. The zero-order valence-electron chi connectivity index (χ0n) is 10.0. The van der Waals surface area contributed by atoms with Crippen molar-refractivity contribution >= 4 is 11.6 Å². The summed E-state index contributed by atoms with van der Waals surface area (Å²) in [5.74, 6) is -0.242. The van der Waals surface area contributed by atoms with Crippen LogP contribution in [0.1, 0.15) is 27.3 Å². The van der Waals surface area contributed by atoms with Crippen LogP contribution in [0.5, 0.6) is 0 Å². The maximum absolute atomic E-state index is 12.0. The first-order valence-corrected chi connectivity index (χ1v) is 5.34. The summed E-state index contributed by atoms with van der Waals surface area (Å²) in [7, 11) is 0. The van der Waals surface area contributed by atoms with Gasteiger partial charge in [0.25, 0.3) is 5.91 Å². The van der Waals surface area contributed by atoms with Gasteiger partial charge in [0.05, 0.1) is 5.69 Å². The number of carbonyl (C=O) groups is 1. The fourth-order valence-electron chi connectivity index (χ4n) is 1.68. The van der Waals surface area contributed by atoms with Crippen LogP contribution in [0.2, 0.25) is 0 Å². The predicted octanol–water partition coefficient (Wildman–Crippen LogP) is 1.98. The Labute approximate surface area is 99.2 Å². The number of hydrogen-bond acceptors (Lipinski definition) is 3. The summed E-state index contributed by atoms with van der Waals surface area (Å²) in [5, 5.41) is 12.9. The second-order valence-electron chi connectivity index (χ2n) is 3.98. The zero-order chi connectivity index (χ0) is 12.4. The molecule has 2 aromatic rings. The second-order valence-corrected chi connectivity index (χ2v) is 3.98. The lowest BCUT2D eigenvalue weighted by molar-refractivity contribution is 0.102. The van der Waals surface area contributed by atoms with E-state index in [2.05, 4.69) is 20.7 Å². The number of nitrogens with zero attached hydrogens (tertiary/aromatic N) is 2. The molecule has 1 amide bonds. The van der Waals surface area contributed by atoms with E-state index in [0.29, 0.717) is 11.4 Å². The smallest absolute Gasteiger partial charge is 0.278 e. The van der Waals surface area contributed by atoms with Crippen LogP contribution in [0.25, 0.3) is 0 Å². The van der Waals surface area contributed by atoms with Gasteiger partial charge in [0.2, 0.25) is 0 Å². The molecular formula is C12H14N4O. The monoisotopic (exact) mass is 230 g/mol. The van der Waals surface area contributed by atoms with Gasteiger partial charge in [-0.1, -0.05) is 18.2 Å². The molecule has 0 saturated heterocycles. The van der Waals surface area contributed by atoms with Crippen molar-refractivity contribution in [3.05, 3.63) is 40.7 Å². The second kappa shape index (κ2) is 4.37. The Morgan fingerprint density at radius 3 is 2.35 bits per heavy atom. The minimum Gasteiger partial charge on any atom is -0.320 e. The van der Waals surface area contributed by atoms with E-state index >= 15 is 0 Å². The van der Waals surface area contributed by atoms with Crippen molar-refractivity contribution in [2.24, 2.45) is 0 Å². The number of anilines is 1. The molecule has 0 spiro atoms. The van der Waals surface area contributed by atoms with Gasteiger partial charge in [0.1, 0.15) is 0 Å². The van der Waals surface area contributed by atoms with E-state index in [0.717, 1.165) is 16.8 Å². The summed E-state index contributed by atoms with van der Waals surface area (Å²) in [5.41, 5.74) is 3.81. The summed E-state index contributed by atoms with van der Waals surface area (Å²) < 4.78 is 0. The number of amides is 1. The van der Waals surface area contributed by atoms with Gasteiger partial charge in [-0.2, -0.15) is 15.4 Å². The van der Waals surface area contributed by atoms with E-state index in [4.69, 9.17) is 0 Å². The van der Waals surface area contributed by atoms with Crippen LogP contribution in [0.4, 0.5) is 5.69 Å². The molecule has 2 rings (SSSR count). The molecule has 0 aliphatic rings. The van der Waals surface area contributed by atoms with Crippen LogP contribution in [0.3, 0.4) is 0 Å². The molecule has 0 saturated carbocycles. The van der Waals surface area contributed by atoms with Crippen molar-refractivity contribution in [2.75, 3.05) is 5.32 Å². The first-order chi connectivity index (χ1) is 8.09. The van der Waals surface area contributed by atoms with Crippen LogP contribution in [0.15, 0.2) is 18.2 Å². The number of nitrogens with one attached hydrogen (secondary N) is 2. The molecule has 5 nitrogen and oxygen atoms in total. The third-order valence-corrected chi connectivity index (χ3v) is 2.66. The highest BCUT2D eigenvalue weighted by Crippen LogP contribution is 2.20. The Kier molecular flexibility index (Phi) is 2.91. The maximum atomic E-state index is 12.0. The Balaban J connectivity index is 2.28. The first kappa shape index (κ1) is 11.3. The van der Waals surface area contributed by atoms with Crippen LogP contribution >= 0.6 is 0 Å². The maximum Gasteiger partial charge on any atom is 0.278 e. The molecule has 0 bridgehead atoms. The lowest BCUT2D eigenvalue weighted by atomic mass is 10.1. The molecule has 0 atom stereocenters. The average Bonchev–Trinajstić information content (AvgIpc) is 2.70. The highest BCUT2D eigenvalue weighted by atomic mass is 16.2. The van der Waals surface area contributed by atoms with Crippen molar-refractivity contribution in [3.63, 3.8) is 0 Å². The Morgan fingerprint density at radius 2 is 1.82 bits per heavy atom. The third-order valence-electron chi connectivity index (χ3n) is 2.66. The van der Waals surface area contributed by atoms with E-state index in [1.54, 1.807) is 6.92 Å². The summed E-state index contributed by atoms with van der Waals surface area (Å²) in [6.45, 7) is 5.65. The number of aromatic amines is 1. The highest BCUT2D eigenvalue weighted by molar-refractivity contribution is 6.04. The molecule has 0 unspecified atom stereocenters. The number of aromatic nitrogens is 3. The Hall–Kier alpha value is -2.17. The minimum absolute atomic E-state index is 0.242. The molecule has 0 radical (unpaired) electrons. The van der Waals surface area contributed by atoms with E-state index in [-0.39, 0.29) is 5.91 Å². The van der Waals surface area contributed by atoms with Crippen molar-refractivity contribution in [3.8, 4) is 0 Å². The van der Waals surface area contributed by atoms with E-state index in [1.807, 2.05) is 32.0 Å². The van der Waals surface area contributed by atoms with Crippen molar-refractivity contribution in [1.82, 2.24) is 15.4 Å². The van der Waals surface area contributed by atoms with E-state index in [9.17, 15) is 4.79 Å². The molecule has 1 aromatic heterocycles. The number of hydrogen-bond donors (Lipinski definition) is 2. The predicted molar refractivity (Wildman–Crippen MR) is 65.0 cm³/mol. The largest absolute Gasteiger partial charge is 0.320 e. The fourth-order valence-corrected chi connectivity index (χ4v) is 1.68. The summed E-state index contributed by atoms with van der Waals surface area (Å²) >= 11 is 0. The van der Waals surface area contributed by atoms with Crippen LogP contribution < -0.4 is 5.32 Å². The standard InChI is InChI=1S/C12H14N4O/c1-7-5-4-6-8(2)10(7)13-12(17)11-9(3)14-16-15-11/h4-6H,1-3H3,(H,13,17)(H,14,15,16). The zero-order valence-corrected chi connectivity index (χ0v) is 10.0. The number of rotatable bonds is 2. The summed E-state index contributed by atoms with van der Waals surface area (Å²) in [4.78, 5) is 12.0. The quantitative estimate of drug-likeness (QED) is 0.828. The van der Waals surface area contributed by atoms with Crippen LogP contribution in [0, 0.1) is 20.8 Å². The van der Waals surface area contributed by atoms with E-state index < -0.39 is 0 Å². The molecule has 5 heteroatoms. The number of para-hydroxylation sites is 1. The molecular weight excluding hydrogens is 216 g/mol. The third kappa shape index (κ3) is 2.18. The molecule has 0 fully saturated rings. The van der Waals surface area contributed by atoms with Crippen molar-refractivity contribution in [2.45, 2.75) is 20.8 Å². The molecule has 0 aliphatic heterocycles. The molecule has 2 N–H and O–H groups in total. The van der Waals surface area contributed by atoms with Gasteiger partial charge in [-0.15, -0.1) is 0 Å². The van der Waals surface area contributed by atoms with Gasteiger partial charge in [0, 0.05) is 5.69 Å². The van der Waals surface area contributed by atoms with Crippen LogP contribution in [-0.2, 0) is 0 Å². The van der Waals surface area contributed by atoms with Crippen molar-refractivity contribution in [1.29, 1.82) is 0 Å². The number of carbonyl (C=O) groups excluding carboxylic acids is 1. The highest BCUT2D eigenvalue weighted by Gasteiger charge is 2.14. The fraction of sp³-hybridized carbons (Fsp3) is 0.250. The normalized spacial score (nSPS) is 10.3. The number of H-pyrrole nitrogens is 1. The number of benzene rings is 1. The Morgan fingerprint density at radius 1 is 1.18 bits per heavy atom. The van der Waals surface area contributed by atoms with Gasteiger partial charge in [-0.05, 0) is 31.9 Å². The minimum atomic E-state index is -0.242. The topological polar surface area (TPSA) is 70.7 Å². The van der Waals surface area contributed by atoms with Crippen molar-refractivity contribution < 1.29 is 4.79 Å². The lowest BCUT2D eigenvalue weighted by Crippen LogP contribution is -2.15. The number of aryl methyl sites for hydroxylation is 3. The van der Waals surface area contributed by atoms with Gasteiger partial charge in [-0.25, -0.2) is 0 Å². The molecule has 1 aromatic carbocycles. The lowest BCUT2D eigenvalue weighted by Gasteiger charge is -2.10. The molecule has 1 heterocycles. The molecule has 88 valence electrons. The van der Waals surface area contributed by atoms with Gasteiger partial charge in [-0.3, -0.25) is 4.79 Å². The average molecular weight is 230 g/mol. The van der Waals surface area contributed by atoms with Gasteiger partial charge in [0.15, 0.2) is 5.69 Å². The SMILES string of the molecule is Cc1cccc(C)c1NC(=O)c1n[nH]nc1C. The Bertz CT molecular complexity index is 539. The van der Waals surface area contributed by atoms with E-state index in [1.165, 1.54) is 0 Å². The molecule has 0 aliphatic carbocycles. The molecule has 17 heavy (non-hydrogen) atoms. The van der Waals surface area contributed by atoms with Gasteiger partial charge >= 0.3 is 0 Å². The summed E-state index contributed by atoms with van der Waals surface area (Å²) in [6.07, 6.45) is 0. The van der Waals surface area contributed by atoms with Gasteiger partial charge < -0.3 is 5.32 Å².